The summed E-state index contributed by atoms with van der Waals surface area (Å²) in [6.45, 7) is 4.42. The maximum Gasteiger partial charge on any atom is 0.228 e. The van der Waals surface area contributed by atoms with Gasteiger partial charge in [-0.05, 0) is 116 Å². The molecule has 0 N–H and O–H groups in total. The molecule has 3 nitrogen and oxygen atoms in total. The zero-order chi connectivity index (χ0) is 22.8. The normalized spacial score (nSPS) is 28.4. The van der Waals surface area contributed by atoms with Crippen molar-refractivity contribution in [2.75, 3.05) is 0 Å². The van der Waals surface area contributed by atoms with E-state index in [1.165, 1.54) is 88.0 Å². The largest absolute Gasteiger partial charge is 0.455 e. The third-order valence-electron chi connectivity index (χ3n) is 9.87. The molecule has 0 saturated heterocycles. The number of aromatic nitrogens is 2. The minimum Gasteiger partial charge on any atom is -0.455 e. The van der Waals surface area contributed by atoms with Crippen molar-refractivity contribution in [3.63, 3.8) is 0 Å². The van der Waals surface area contributed by atoms with Gasteiger partial charge in [-0.15, -0.1) is 0 Å². The predicted molar refractivity (Wildman–Crippen MR) is 135 cm³/mol. The number of hydrogen-bond donors (Lipinski definition) is 0. The van der Waals surface area contributed by atoms with Crippen LogP contribution in [0.2, 0.25) is 0 Å². The van der Waals surface area contributed by atoms with Gasteiger partial charge in [0.05, 0.1) is 10.9 Å². The van der Waals surface area contributed by atoms with Gasteiger partial charge in [0.1, 0.15) is 18.5 Å². The first-order valence-corrected chi connectivity index (χ1v) is 13.0. The third-order valence-corrected chi connectivity index (χ3v) is 9.87. The number of aryl methyl sites for hydroxylation is 3. The highest BCUT2D eigenvalue weighted by atomic mass is 16.5. The molecule has 0 amide bonds. The molecule has 2 aromatic carbocycles. The van der Waals surface area contributed by atoms with Crippen LogP contribution >= 0.6 is 0 Å². The fourth-order valence-corrected chi connectivity index (χ4v) is 8.77. The van der Waals surface area contributed by atoms with Gasteiger partial charge in [0.15, 0.2) is 6.20 Å². The lowest BCUT2D eigenvalue weighted by Crippen LogP contribution is -2.48. The molecule has 9 rings (SSSR count). The van der Waals surface area contributed by atoms with Gasteiger partial charge in [-0.1, -0.05) is 0 Å². The molecule has 4 fully saturated rings. The molecule has 4 aromatic rings. The Morgan fingerprint density at radius 1 is 0.941 bits per heavy atom. The van der Waals surface area contributed by atoms with Crippen molar-refractivity contribution >= 4 is 21.5 Å². The van der Waals surface area contributed by atoms with Gasteiger partial charge >= 0.3 is 0 Å². The number of nitrogens with zero attached hydrogens (tertiary/aromatic N) is 2. The van der Waals surface area contributed by atoms with E-state index in [4.69, 9.17) is 4.74 Å². The van der Waals surface area contributed by atoms with Crippen molar-refractivity contribution in [2.45, 2.75) is 57.8 Å². The summed E-state index contributed by atoms with van der Waals surface area (Å²) in [7, 11) is 2.17. The molecule has 4 saturated carbocycles. The molecule has 4 aliphatic carbocycles. The van der Waals surface area contributed by atoms with E-state index in [-0.39, 0.29) is 0 Å². The van der Waals surface area contributed by atoms with Crippen molar-refractivity contribution in [1.29, 1.82) is 0 Å². The van der Waals surface area contributed by atoms with E-state index in [0.29, 0.717) is 5.41 Å². The van der Waals surface area contributed by atoms with Crippen LogP contribution < -0.4 is 9.30 Å². The van der Waals surface area contributed by atoms with E-state index in [1.54, 1.807) is 0 Å². The topological polar surface area (TPSA) is 26.0 Å². The van der Waals surface area contributed by atoms with Crippen molar-refractivity contribution in [3.8, 4) is 22.8 Å². The Balaban J connectivity index is 1.41. The van der Waals surface area contributed by atoms with E-state index in [1.807, 2.05) is 12.4 Å². The maximum atomic E-state index is 6.89. The van der Waals surface area contributed by atoms with Gasteiger partial charge in [0, 0.05) is 29.4 Å². The molecule has 2 aromatic heterocycles. The zero-order valence-electron chi connectivity index (χ0n) is 20.3. The van der Waals surface area contributed by atoms with Crippen LogP contribution in [0, 0.1) is 31.6 Å². The van der Waals surface area contributed by atoms with Gasteiger partial charge in [-0.2, -0.15) is 0 Å². The molecule has 4 bridgehead atoms. The number of fused-ring (bicyclic) bond motifs is 3. The zero-order valence-corrected chi connectivity index (χ0v) is 20.3. The van der Waals surface area contributed by atoms with Crippen molar-refractivity contribution in [1.82, 2.24) is 4.98 Å². The second-order valence-electron chi connectivity index (χ2n) is 11.9. The van der Waals surface area contributed by atoms with E-state index < -0.39 is 0 Å². The Morgan fingerprint density at radius 3 is 2.41 bits per heavy atom. The minimum atomic E-state index is 0.361. The Bertz CT molecular complexity index is 1510. The lowest BCUT2D eigenvalue weighted by atomic mass is 9.48. The minimum absolute atomic E-state index is 0.361. The van der Waals surface area contributed by atoms with Crippen LogP contribution in [-0.4, -0.2) is 4.98 Å². The number of pyridine rings is 2. The quantitative estimate of drug-likeness (QED) is 0.257. The summed E-state index contributed by atoms with van der Waals surface area (Å²) in [5.41, 5.74) is 6.88. The first-order valence-electron chi connectivity index (χ1n) is 13.0. The average molecular weight is 448 g/mol. The molecular formula is C31H31N2O+. The summed E-state index contributed by atoms with van der Waals surface area (Å²) in [6.07, 6.45) is 14.7. The smallest absolute Gasteiger partial charge is 0.228 e. The van der Waals surface area contributed by atoms with Crippen LogP contribution in [0.1, 0.15) is 55.2 Å². The van der Waals surface area contributed by atoms with Crippen LogP contribution in [0.25, 0.3) is 32.8 Å². The summed E-state index contributed by atoms with van der Waals surface area (Å²) in [4.78, 5) is 4.42. The van der Waals surface area contributed by atoms with Gasteiger partial charge in [0.2, 0.25) is 5.69 Å². The van der Waals surface area contributed by atoms with Gasteiger partial charge in [-0.3, -0.25) is 4.98 Å². The SMILES string of the molecule is Cc1c2c(c(C)c3ccncc13)-c1c3c(cc(C45CC6CC(CC(C6)C4)C5)cc3cc[n+]1C)O2. The van der Waals surface area contributed by atoms with Crippen LogP contribution in [0.5, 0.6) is 11.5 Å². The average Bonchev–Trinajstić information content (AvgIpc) is 2.83. The maximum absolute atomic E-state index is 6.89. The Labute approximate surface area is 200 Å². The summed E-state index contributed by atoms with van der Waals surface area (Å²) in [5, 5.41) is 5.05. The summed E-state index contributed by atoms with van der Waals surface area (Å²) >= 11 is 0. The third kappa shape index (κ3) is 2.38. The molecule has 0 spiro atoms. The second-order valence-corrected chi connectivity index (χ2v) is 11.9. The standard InChI is InChI=1S/C31H31N2O/c1-17-24-4-6-32-16-25(24)18(2)30-27(17)29-28-22(5-7-33(29)3)11-23(12-26(28)34-30)31-13-19-8-20(14-31)10-21(9-19)15-31/h4-7,11-12,16,19-21H,8-10,13-15H2,1-3H3/q+1. The molecule has 0 radical (unpaired) electrons. The highest BCUT2D eigenvalue weighted by Gasteiger charge is 2.52. The Morgan fingerprint density at radius 2 is 1.68 bits per heavy atom. The molecule has 0 atom stereocenters. The lowest BCUT2D eigenvalue weighted by Gasteiger charge is -2.57. The van der Waals surface area contributed by atoms with Crippen LogP contribution in [0.3, 0.4) is 0 Å². The molecule has 34 heavy (non-hydrogen) atoms. The fourth-order valence-electron chi connectivity index (χ4n) is 8.77. The van der Waals surface area contributed by atoms with Gasteiger partial charge < -0.3 is 4.74 Å². The van der Waals surface area contributed by atoms with E-state index in [9.17, 15) is 0 Å². The van der Waals surface area contributed by atoms with Crippen molar-refractivity contribution in [2.24, 2.45) is 24.8 Å². The molecule has 3 heterocycles. The summed E-state index contributed by atoms with van der Waals surface area (Å²) in [5.74, 6) is 4.87. The Kier molecular flexibility index (Phi) is 3.64. The van der Waals surface area contributed by atoms with E-state index in [2.05, 4.69) is 60.9 Å². The van der Waals surface area contributed by atoms with E-state index >= 15 is 0 Å². The molecule has 1 aliphatic heterocycles. The molecule has 0 unspecified atom stereocenters. The van der Waals surface area contributed by atoms with Crippen LogP contribution in [0.4, 0.5) is 0 Å². The molecule has 5 aliphatic rings. The fraction of sp³-hybridized carbons (Fsp3) is 0.419. The summed E-state index contributed by atoms with van der Waals surface area (Å²) in [6, 6.07) is 9.40. The second kappa shape index (κ2) is 6.38. The first-order chi connectivity index (χ1) is 16.5. The van der Waals surface area contributed by atoms with Crippen LogP contribution in [-0.2, 0) is 12.5 Å². The highest BCUT2D eigenvalue weighted by Crippen LogP contribution is 2.62. The number of benzene rings is 2. The number of rotatable bonds is 1. The van der Waals surface area contributed by atoms with Gasteiger partial charge in [0.25, 0.3) is 0 Å². The van der Waals surface area contributed by atoms with E-state index in [0.717, 1.165) is 29.3 Å². The first kappa shape index (κ1) is 19.4. The predicted octanol–water partition coefficient (Wildman–Crippen LogP) is 7.07. The monoisotopic (exact) mass is 447 g/mol. The van der Waals surface area contributed by atoms with Crippen molar-refractivity contribution < 1.29 is 9.30 Å². The van der Waals surface area contributed by atoms with Gasteiger partial charge in [-0.25, -0.2) is 4.57 Å². The summed E-state index contributed by atoms with van der Waals surface area (Å²) < 4.78 is 9.18. The molecular weight excluding hydrogens is 416 g/mol. The highest BCUT2D eigenvalue weighted by molar-refractivity contribution is 6.06. The lowest BCUT2D eigenvalue weighted by molar-refractivity contribution is -0.659. The molecule has 170 valence electrons. The number of hydrogen-bond acceptors (Lipinski definition) is 2. The van der Waals surface area contributed by atoms with Crippen LogP contribution in [0.15, 0.2) is 42.9 Å². The Hall–Kier alpha value is -2.94. The van der Waals surface area contributed by atoms with Crippen molar-refractivity contribution in [3.05, 3.63) is 59.5 Å². The molecule has 3 heteroatoms. The number of ether oxygens (including phenoxy) is 1.